The summed E-state index contributed by atoms with van der Waals surface area (Å²) < 4.78 is 0. The van der Waals surface area contributed by atoms with E-state index in [1.54, 1.807) is 48.5 Å². The van der Waals surface area contributed by atoms with Gasteiger partial charge in [-0.25, -0.2) is 0 Å². The second-order valence-corrected chi connectivity index (χ2v) is 6.86. The minimum absolute atomic E-state index is 0.151. The summed E-state index contributed by atoms with van der Waals surface area (Å²) >= 11 is 0. The van der Waals surface area contributed by atoms with Crippen LogP contribution in [-0.2, 0) is 0 Å². The molecule has 0 aliphatic heterocycles. The molecule has 4 aromatic rings. The molecule has 12 nitrogen and oxygen atoms in total. The average molecular weight is 456 g/mol. The smallest absolute Gasteiger partial charge is 0.278 e. The summed E-state index contributed by atoms with van der Waals surface area (Å²) in [5.41, 5.74) is 6.10. The van der Waals surface area contributed by atoms with E-state index >= 15 is 0 Å². The number of nitrogens with zero attached hydrogens (tertiary/aromatic N) is 7. The molecule has 0 unspecified atom stereocenters. The quantitative estimate of drug-likeness (QED) is 0.248. The van der Waals surface area contributed by atoms with Crippen molar-refractivity contribution in [3.05, 3.63) is 104 Å². The van der Waals surface area contributed by atoms with Crippen LogP contribution in [0.5, 0.6) is 0 Å². The molecule has 0 saturated carbocycles. The van der Waals surface area contributed by atoms with Gasteiger partial charge in [-0.1, -0.05) is 48.5 Å². The predicted octanol–water partition coefficient (Wildman–Crippen LogP) is 3.90. The lowest BCUT2D eigenvalue weighted by atomic mass is 10.2. The molecule has 0 fully saturated rings. The number of rotatable bonds is 7. The molecular formula is C22H16N8O4. The number of hydrogen-bond acceptors (Lipinski definition) is 10. The van der Waals surface area contributed by atoms with Crippen LogP contribution in [0.15, 0.2) is 83.0 Å². The van der Waals surface area contributed by atoms with Gasteiger partial charge in [-0.15, -0.1) is 15.3 Å². The number of nitro benzene ring substituents is 2. The number of fused-ring (bicyclic) bond motifs is 1. The molecule has 0 amide bonds. The number of nitrogens with two attached hydrogens (primary N) is 1. The van der Waals surface area contributed by atoms with Crippen molar-refractivity contribution in [2.75, 3.05) is 10.9 Å². The van der Waals surface area contributed by atoms with Gasteiger partial charge in [0.15, 0.2) is 5.82 Å². The fourth-order valence-corrected chi connectivity index (χ4v) is 3.16. The van der Waals surface area contributed by atoms with Crippen molar-refractivity contribution in [1.29, 1.82) is 0 Å². The van der Waals surface area contributed by atoms with Crippen molar-refractivity contribution in [1.82, 2.24) is 10.2 Å². The highest BCUT2D eigenvalue weighted by atomic mass is 16.6. The molecule has 2 N–H and O–H groups in total. The van der Waals surface area contributed by atoms with E-state index in [9.17, 15) is 20.2 Å². The lowest BCUT2D eigenvalue weighted by Gasteiger charge is -2.14. The standard InChI is InChI=1S/C22H16N8O4/c23-21-17-9-3-4-10-18(17)22(27-26-21)28(24-13-15-7-1-5-11-19(15)29(31)32)25-14-16-8-2-6-12-20(16)30(33)34/h1-14H,(H2,23,26)/b24-13+,25-14+. The van der Waals surface area contributed by atoms with Gasteiger partial charge in [0, 0.05) is 22.9 Å². The molecule has 34 heavy (non-hydrogen) atoms. The Bertz CT molecular complexity index is 1390. The monoisotopic (exact) mass is 456 g/mol. The molecule has 12 heteroatoms. The van der Waals surface area contributed by atoms with Gasteiger partial charge < -0.3 is 5.73 Å². The Kier molecular flexibility index (Phi) is 6.12. The highest BCUT2D eigenvalue weighted by Gasteiger charge is 2.16. The first-order valence-electron chi connectivity index (χ1n) is 9.81. The van der Waals surface area contributed by atoms with Crippen LogP contribution < -0.4 is 10.9 Å². The van der Waals surface area contributed by atoms with Crippen molar-refractivity contribution in [2.45, 2.75) is 0 Å². The molecule has 0 atom stereocenters. The summed E-state index contributed by atoms with van der Waals surface area (Å²) in [6.45, 7) is 0. The zero-order valence-corrected chi connectivity index (χ0v) is 17.4. The van der Waals surface area contributed by atoms with E-state index in [4.69, 9.17) is 5.73 Å². The number of nitrogen functional groups attached to an aromatic ring is 1. The maximum absolute atomic E-state index is 11.4. The van der Waals surface area contributed by atoms with E-state index in [-0.39, 0.29) is 34.1 Å². The van der Waals surface area contributed by atoms with Gasteiger partial charge in [0.05, 0.1) is 33.4 Å². The molecule has 0 aliphatic carbocycles. The minimum atomic E-state index is -0.527. The van der Waals surface area contributed by atoms with Crippen LogP contribution in [0.1, 0.15) is 11.1 Å². The second-order valence-electron chi connectivity index (χ2n) is 6.86. The maximum atomic E-state index is 11.4. The number of aromatic nitrogens is 2. The summed E-state index contributed by atoms with van der Waals surface area (Å²) in [6.07, 6.45) is 2.50. The predicted molar refractivity (Wildman–Crippen MR) is 128 cm³/mol. The average Bonchev–Trinajstić information content (AvgIpc) is 2.85. The first-order valence-corrected chi connectivity index (χ1v) is 9.81. The third kappa shape index (κ3) is 4.50. The van der Waals surface area contributed by atoms with Crippen LogP contribution in [0, 0.1) is 20.2 Å². The van der Waals surface area contributed by atoms with Crippen molar-refractivity contribution in [3.8, 4) is 0 Å². The van der Waals surface area contributed by atoms with Gasteiger partial charge in [0.25, 0.3) is 11.4 Å². The van der Waals surface area contributed by atoms with E-state index in [1.807, 2.05) is 0 Å². The van der Waals surface area contributed by atoms with E-state index in [2.05, 4.69) is 20.4 Å². The molecule has 0 saturated heterocycles. The molecule has 1 aromatic heterocycles. The summed E-state index contributed by atoms with van der Waals surface area (Å²) in [5.74, 6) is 0.374. The second kappa shape index (κ2) is 9.48. The normalized spacial score (nSPS) is 11.3. The van der Waals surface area contributed by atoms with Crippen LogP contribution in [0.2, 0.25) is 0 Å². The van der Waals surface area contributed by atoms with Crippen LogP contribution in [0.3, 0.4) is 0 Å². The third-order valence-corrected chi connectivity index (χ3v) is 4.77. The summed E-state index contributed by atoms with van der Waals surface area (Å²) in [4.78, 5) is 21.7. The topological polar surface area (TPSA) is 166 Å². The molecule has 1 heterocycles. The van der Waals surface area contributed by atoms with Crippen molar-refractivity contribution in [2.24, 2.45) is 10.2 Å². The molecular weight excluding hydrogens is 440 g/mol. The Morgan fingerprint density at radius 3 is 1.74 bits per heavy atom. The van der Waals surface area contributed by atoms with Crippen molar-refractivity contribution >= 4 is 46.2 Å². The molecule has 4 rings (SSSR count). The van der Waals surface area contributed by atoms with Crippen molar-refractivity contribution in [3.63, 3.8) is 0 Å². The van der Waals surface area contributed by atoms with Gasteiger partial charge in [-0.3, -0.25) is 20.2 Å². The van der Waals surface area contributed by atoms with Gasteiger partial charge in [0.1, 0.15) is 0 Å². The first kappa shape index (κ1) is 22.0. The zero-order valence-electron chi connectivity index (χ0n) is 17.4. The van der Waals surface area contributed by atoms with Gasteiger partial charge in [-0.2, -0.15) is 10.2 Å². The van der Waals surface area contributed by atoms with Crippen molar-refractivity contribution < 1.29 is 9.85 Å². The highest BCUT2D eigenvalue weighted by molar-refractivity contribution is 5.98. The number of para-hydroxylation sites is 2. The van der Waals surface area contributed by atoms with E-state index in [0.717, 1.165) is 5.12 Å². The summed E-state index contributed by atoms with van der Waals surface area (Å²) in [7, 11) is 0. The van der Waals surface area contributed by atoms with E-state index in [0.29, 0.717) is 10.8 Å². The van der Waals surface area contributed by atoms with Crippen LogP contribution in [0.4, 0.5) is 23.0 Å². The number of anilines is 2. The lowest BCUT2D eigenvalue weighted by molar-refractivity contribution is -0.385. The van der Waals surface area contributed by atoms with Gasteiger partial charge in [-0.05, 0) is 12.1 Å². The first-order chi connectivity index (χ1) is 16.5. The molecule has 3 aromatic carbocycles. The molecule has 0 radical (unpaired) electrons. The van der Waals surface area contributed by atoms with Crippen LogP contribution in [0.25, 0.3) is 10.8 Å². The number of nitro groups is 2. The Balaban J connectivity index is 1.84. The largest absolute Gasteiger partial charge is 0.382 e. The fourth-order valence-electron chi connectivity index (χ4n) is 3.16. The Morgan fingerprint density at radius 1 is 0.735 bits per heavy atom. The molecule has 0 spiro atoms. The van der Waals surface area contributed by atoms with Gasteiger partial charge in [0.2, 0.25) is 5.82 Å². The number of hydrazone groups is 2. The SMILES string of the molecule is Nc1nnc(N(/N=C/c2ccccc2[N+](=O)[O-])/N=C/c2ccccc2[N+](=O)[O-])c2ccccc12. The Morgan fingerprint density at radius 2 is 1.21 bits per heavy atom. The molecule has 0 aliphatic rings. The fraction of sp³-hybridized carbons (Fsp3) is 0. The molecule has 168 valence electrons. The Labute approximate surface area is 192 Å². The minimum Gasteiger partial charge on any atom is -0.382 e. The van der Waals surface area contributed by atoms with Crippen LogP contribution in [-0.4, -0.2) is 32.5 Å². The number of hydrogen-bond donors (Lipinski definition) is 1. The zero-order chi connectivity index (χ0) is 24.1. The Hall–Kier alpha value is -5.26. The summed E-state index contributed by atoms with van der Waals surface area (Å²) in [6, 6.07) is 19.1. The lowest BCUT2D eigenvalue weighted by Crippen LogP contribution is -2.13. The maximum Gasteiger partial charge on any atom is 0.278 e. The highest BCUT2D eigenvalue weighted by Crippen LogP contribution is 2.28. The molecule has 0 bridgehead atoms. The van der Waals surface area contributed by atoms with Gasteiger partial charge >= 0.3 is 0 Å². The van der Waals surface area contributed by atoms with E-state index in [1.165, 1.54) is 36.7 Å². The summed E-state index contributed by atoms with van der Waals surface area (Å²) in [5, 5.41) is 41.6. The number of benzene rings is 3. The van der Waals surface area contributed by atoms with E-state index < -0.39 is 9.85 Å². The van der Waals surface area contributed by atoms with Crippen LogP contribution >= 0.6 is 0 Å². The third-order valence-electron chi connectivity index (χ3n) is 4.77.